The van der Waals surface area contributed by atoms with Gasteiger partial charge in [0.05, 0.1) is 5.71 Å². The van der Waals surface area contributed by atoms with Gasteiger partial charge in [-0.1, -0.05) is 28.1 Å². The van der Waals surface area contributed by atoms with Crippen molar-refractivity contribution >= 4 is 21.6 Å². The average Bonchev–Trinajstić information content (AvgIpc) is 2.19. The molecule has 0 aromatic rings. The van der Waals surface area contributed by atoms with Crippen LogP contribution in [0.5, 0.6) is 0 Å². The van der Waals surface area contributed by atoms with Gasteiger partial charge in [-0.2, -0.15) is 0 Å². The van der Waals surface area contributed by atoms with Crippen LogP contribution < -0.4 is 5.73 Å². The van der Waals surface area contributed by atoms with E-state index in [4.69, 9.17) is 5.73 Å². The zero-order valence-corrected chi connectivity index (χ0v) is 10.2. The number of nitrogens with zero attached hydrogens (tertiary/aromatic N) is 1. The van der Waals surface area contributed by atoms with E-state index in [9.17, 15) is 5.11 Å². The molecule has 0 spiro atoms. The molecule has 0 aliphatic carbocycles. The van der Waals surface area contributed by atoms with Gasteiger partial charge in [0, 0.05) is 10.7 Å². The number of hydrogen-bond acceptors (Lipinski definition) is 3. The van der Waals surface area contributed by atoms with Crippen molar-refractivity contribution in [2.75, 3.05) is 0 Å². The van der Waals surface area contributed by atoms with Gasteiger partial charge in [-0.25, -0.2) is 0 Å². The van der Waals surface area contributed by atoms with Crippen LogP contribution in [0.4, 0.5) is 0 Å². The van der Waals surface area contributed by atoms with Crippen LogP contribution in [0.3, 0.4) is 0 Å². The van der Waals surface area contributed by atoms with Crippen molar-refractivity contribution in [2.45, 2.75) is 26.0 Å². The van der Waals surface area contributed by atoms with E-state index in [-0.39, 0.29) is 0 Å². The molecule has 1 aliphatic heterocycles. The smallest absolute Gasteiger partial charge is 0.145 e. The van der Waals surface area contributed by atoms with E-state index in [1.807, 2.05) is 13.0 Å². The molecule has 3 N–H and O–H groups in total. The Morgan fingerprint density at radius 1 is 1.53 bits per heavy atom. The predicted molar refractivity (Wildman–Crippen MR) is 66.8 cm³/mol. The van der Waals surface area contributed by atoms with Crippen LogP contribution in [0.25, 0.3) is 0 Å². The van der Waals surface area contributed by atoms with Crippen molar-refractivity contribution in [3.8, 4) is 0 Å². The number of halogens is 1. The maximum absolute atomic E-state index is 9.29. The van der Waals surface area contributed by atoms with E-state index in [0.29, 0.717) is 5.71 Å². The molecule has 1 unspecified atom stereocenters. The summed E-state index contributed by atoms with van der Waals surface area (Å²) < 4.78 is 0.904. The molecule has 15 heavy (non-hydrogen) atoms. The third-order valence-electron chi connectivity index (χ3n) is 2.07. The number of aliphatic hydroxyl groups is 1. The van der Waals surface area contributed by atoms with Crippen molar-refractivity contribution < 1.29 is 5.11 Å². The molecule has 1 aliphatic rings. The molecule has 0 saturated carbocycles. The second kappa shape index (κ2) is 6.00. The van der Waals surface area contributed by atoms with Crippen LogP contribution in [0.15, 0.2) is 39.5 Å². The highest BCUT2D eigenvalue weighted by Crippen LogP contribution is 2.18. The first kappa shape index (κ1) is 12.4. The fraction of sp³-hybridized carbons (Fsp3) is 0.364. The minimum absolute atomic E-state index is 0.452. The standard InChI is InChI=1S/C11H15BrN2O/c1-8-5-3-2-4-6-14-10(11(13)15)7-9(8)12/h4-7,11,15H,2-3,13H2,1H3/b6-4+,8-5+,9-7+,14-10-. The molecule has 0 saturated heterocycles. The van der Waals surface area contributed by atoms with Crippen molar-refractivity contribution in [3.63, 3.8) is 0 Å². The summed E-state index contributed by atoms with van der Waals surface area (Å²) in [4.78, 5) is 4.10. The summed E-state index contributed by atoms with van der Waals surface area (Å²) >= 11 is 3.43. The molecule has 0 radical (unpaired) electrons. The molecule has 82 valence electrons. The Labute approximate surface area is 98.2 Å². The van der Waals surface area contributed by atoms with Crippen molar-refractivity contribution in [2.24, 2.45) is 10.7 Å². The van der Waals surface area contributed by atoms with Crippen LogP contribution in [0.2, 0.25) is 0 Å². The monoisotopic (exact) mass is 270 g/mol. The maximum atomic E-state index is 9.29. The fourth-order valence-electron chi connectivity index (χ4n) is 1.15. The largest absolute Gasteiger partial charge is 0.373 e. The molecule has 4 heteroatoms. The van der Waals surface area contributed by atoms with Crippen LogP contribution in [0, 0.1) is 0 Å². The molecule has 0 aromatic heterocycles. The van der Waals surface area contributed by atoms with Crippen LogP contribution in [-0.4, -0.2) is 17.0 Å². The quantitative estimate of drug-likeness (QED) is 0.718. The third kappa shape index (κ3) is 4.11. The lowest BCUT2D eigenvalue weighted by atomic mass is 10.1. The van der Waals surface area contributed by atoms with Gasteiger partial charge in [-0.15, -0.1) is 0 Å². The molecule has 1 rings (SSSR count). The average molecular weight is 271 g/mol. The molecule has 0 aromatic carbocycles. The van der Waals surface area contributed by atoms with Gasteiger partial charge >= 0.3 is 0 Å². The summed E-state index contributed by atoms with van der Waals surface area (Å²) in [6.07, 6.45) is 8.39. The summed E-state index contributed by atoms with van der Waals surface area (Å²) in [5, 5.41) is 9.29. The van der Waals surface area contributed by atoms with Gasteiger partial charge in [0.15, 0.2) is 0 Å². The van der Waals surface area contributed by atoms with Gasteiger partial charge in [-0.3, -0.25) is 4.99 Å². The lowest BCUT2D eigenvalue weighted by Gasteiger charge is -2.07. The zero-order chi connectivity index (χ0) is 11.3. The Kier molecular flexibility index (Phi) is 4.94. The highest BCUT2D eigenvalue weighted by molar-refractivity contribution is 9.12. The number of aliphatic imine (C=N–C) groups is 1. The number of hydrogen-bond donors (Lipinski definition) is 2. The van der Waals surface area contributed by atoms with Crippen molar-refractivity contribution in [1.29, 1.82) is 0 Å². The summed E-state index contributed by atoms with van der Waals surface area (Å²) in [7, 11) is 0. The van der Waals surface area contributed by atoms with Gasteiger partial charge in [0.25, 0.3) is 0 Å². The summed E-state index contributed by atoms with van der Waals surface area (Å²) in [5.74, 6) is 0. The van der Waals surface area contributed by atoms with Crippen LogP contribution in [-0.2, 0) is 0 Å². The Balaban J connectivity index is 3.03. The lowest BCUT2D eigenvalue weighted by Crippen LogP contribution is -2.28. The highest BCUT2D eigenvalue weighted by atomic mass is 79.9. The first-order chi connectivity index (χ1) is 7.11. The number of nitrogens with two attached hydrogens (primary N) is 1. The van der Waals surface area contributed by atoms with Gasteiger partial charge in [0.2, 0.25) is 0 Å². The van der Waals surface area contributed by atoms with E-state index in [1.165, 1.54) is 0 Å². The van der Waals surface area contributed by atoms with Crippen molar-refractivity contribution in [3.05, 3.63) is 34.5 Å². The normalized spacial score (nSPS) is 32.7. The predicted octanol–water partition coefficient (Wildman–Crippen LogP) is 2.24. The zero-order valence-electron chi connectivity index (χ0n) is 8.65. The van der Waals surface area contributed by atoms with E-state index in [1.54, 1.807) is 12.3 Å². The van der Waals surface area contributed by atoms with Gasteiger partial charge in [-0.05, 0) is 31.4 Å². The van der Waals surface area contributed by atoms with E-state index in [0.717, 1.165) is 22.9 Å². The van der Waals surface area contributed by atoms with E-state index >= 15 is 0 Å². The number of allylic oxidation sites excluding steroid dienone is 4. The number of aliphatic hydroxyl groups excluding tert-OH is 1. The Hall–Kier alpha value is -0.710. The molecule has 0 fully saturated rings. The molecule has 1 heterocycles. The fourth-order valence-corrected chi connectivity index (χ4v) is 1.55. The number of rotatable bonds is 1. The molecular weight excluding hydrogens is 256 g/mol. The topological polar surface area (TPSA) is 58.6 Å². The molecule has 3 nitrogen and oxygen atoms in total. The second-order valence-electron chi connectivity index (χ2n) is 3.34. The van der Waals surface area contributed by atoms with Crippen LogP contribution >= 0.6 is 15.9 Å². The summed E-state index contributed by atoms with van der Waals surface area (Å²) in [6, 6.07) is 0. The van der Waals surface area contributed by atoms with Crippen LogP contribution in [0.1, 0.15) is 19.8 Å². The first-order valence-corrected chi connectivity index (χ1v) is 5.61. The molecule has 0 bridgehead atoms. The minimum atomic E-state index is -1.05. The Morgan fingerprint density at radius 2 is 2.27 bits per heavy atom. The van der Waals surface area contributed by atoms with Gasteiger partial charge in [0.1, 0.15) is 6.23 Å². The molecular formula is C11H15BrN2O. The SMILES string of the molecule is CC1=C\CC/C=C/N=C(C(N)O)/C=C\1Br. The molecule has 0 amide bonds. The second-order valence-corrected chi connectivity index (χ2v) is 4.19. The minimum Gasteiger partial charge on any atom is -0.373 e. The highest BCUT2D eigenvalue weighted by Gasteiger charge is 2.06. The van der Waals surface area contributed by atoms with E-state index < -0.39 is 6.23 Å². The Bertz CT molecular complexity index is 340. The summed E-state index contributed by atoms with van der Waals surface area (Å²) in [5.41, 5.74) is 6.97. The lowest BCUT2D eigenvalue weighted by molar-refractivity contribution is 0.251. The van der Waals surface area contributed by atoms with Crippen molar-refractivity contribution in [1.82, 2.24) is 0 Å². The van der Waals surface area contributed by atoms with Gasteiger partial charge < -0.3 is 10.8 Å². The maximum Gasteiger partial charge on any atom is 0.145 e. The first-order valence-electron chi connectivity index (χ1n) is 4.82. The molecule has 1 atom stereocenters. The summed E-state index contributed by atoms with van der Waals surface area (Å²) in [6.45, 7) is 2.01. The Morgan fingerprint density at radius 3 is 2.93 bits per heavy atom. The van der Waals surface area contributed by atoms with E-state index in [2.05, 4.69) is 27.0 Å². The third-order valence-corrected chi connectivity index (χ3v) is 2.92.